The van der Waals surface area contributed by atoms with Gasteiger partial charge in [-0.05, 0) is 18.8 Å². The van der Waals surface area contributed by atoms with E-state index in [1.807, 2.05) is 6.92 Å². The van der Waals surface area contributed by atoms with E-state index in [9.17, 15) is 4.79 Å². The third kappa shape index (κ3) is 8.43. The van der Waals surface area contributed by atoms with E-state index in [1.54, 1.807) is 0 Å². The molecule has 0 rings (SSSR count). The van der Waals surface area contributed by atoms with Gasteiger partial charge in [-0.1, -0.05) is 27.7 Å². The zero-order chi connectivity index (χ0) is 11.8. The van der Waals surface area contributed by atoms with Gasteiger partial charge < -0.3 is 5.32 Å². The number of likely N-dealkylation sites (N-methyl/N-ethyl adjacent to an activating group) is 1. The highest BCUT2D eigenvalue weighted by molar-refractivity contribution is 5.77. The van der Waals surface area contributed by atoms with Crippen LogP contribution in [0.2, 0.25) is 0 Å². The number of nitrogens with zero attached hydrogens (tertiary/aromatic N) is 1. The van der Waals surface area contributed by atoms with Crippen molar-refractivity contribution in [3.05, 3.63) is 0 Å². The molecule has 1 amide bonds. The highest BCUT2D eigenvalue weighted by Gasteiger charge is 2.12. The molecule has 0 saturated heterocycles. The predicted octanol–water partition coefficient (Wildman–Crippen LogP) is 1.74. The van der Waals surface area contributed by atoms with E-state index >= 15 is 0 Å². The van der Waals surface area contributed by atoms with Gasteiger partial charge in [-0.25, -0.2) is 0 Å². The smallest absolute Gasteiger partial charge is 0.234 e. The molecule has 0 aromatic carbocycles. The van der Waals surface area contributed by atoms with E-state index in [2.05, 4.69) is 37.9 Å². The summed E-state index contributed by atoms with van der Waals surface area (Å²) in [7, 11) is 0. The number of amides is 1. The van der Waals surface area contributed by atoms with Crippen molar-refractivity contribution >= 4 is 5.91 Å². The Bertz CT molecular complexity index is 168. The van der Waals surface area contributed by atoms with E-state index in [-0.39, 0.29) is 5.91 Å². The Labute approximate surface area is 94.2 Å². The molecule has 0 aromatic rings. The van der Waals surface area contributed by atoms with Crippen LogP contribution < -0.4 is 5.32 Å². The van der Waals surface area contributed by atoms with Crippen molar-refractivity contribution in [1.82, 2.24) is 10.2 Å². The summed E-state index contributed by atoms with van der Waals surface area (Å²) in [5.74, 6) is 1.36. The molecule has 0 radical (unpaired) electrons. The van der Waals surface area contributed by atoms with Crippen LogP contribution in [0.25, 0.3) is 0 Å². The first-order valence-electron chi connectivity index (χ1n) is 5.94. The third-order valence-corrected chi connectivity index (χ3v) is 1.99. The molecule has 0 saturated carbocycles. The van der Waals surface area contributed by atoms with Gasteiger partial charge in [0.1, 0.15) is 0 Å². The van der Waals surface area contributed by atoms with Crippen molar-refractivity contribution in [2.24, 2.45) is 11.8 Å². The van der Waals surface area contributed by atoms with Gasteiger partial charge in [-0.3, -0.25) is 9.69 Å². The van der Waals surface area contributed by atoms with Crippen LogP contribution in [0.3, 0.4) is 0 Å². The highest BCUT2D eigenvalue weighted by Crippen LogP contribution is 2.03. The lowest BCUT2D eigenvalue weighted by Gasteiger charge is -2.25. The van der Waals surface area contributed by atoms with Gasteiger partial charge in [0.05, 0.1) is 6.54 Å². The van der Waals surface area contributed by atoms with E-state index in [1.165, 1.54) is 0 Å². The monoisotopic (exact) mass is 214 g/mol. The quantitative estimate of drug-likeness (QED) is 0.700. The summed E-state index contributed by atoms with van der Waals surface area (Å²) in [5.41, 5.74) is 0. The van der Waals surface area contributed by atoms with Gasteiger partial charge in [0.25, 0.3) is 0 Å². The van der Waals surface area contributed by atoms with Crippen molar-refractivity contribution in [1.29, 1.82) is 0 Å². The van der Waals surface area contributed by atoms with E-state index in [0.717, 1.165) is 19.6 Å². The number of hydrogen-bond donors (Lipinski definition) is 1. The molecule has 0 aromatic heterocycles. The Morgan fingerprint density at radius 1 is 1.13 bits per heavy atom. The fourth-order valence-electron chi connectivity index (χ4n) is 1.69. The second-order valence-electron chi connectivity index (χ2n) is 4.94. The molecule has 1 N–H and O–H groups in total. The normalized spacial score (nSPS) is 11.5. The van der Waals surface area contributed by atoms with E-state index in [0.29, 0.717) is 18.4 Å². The van der Waals surface area contributed by atoms with Crippen LogP contribution in [0.15, 0.2) is 0 Å². The number of hydrogen-bond acceptors (Lipinski definition) is 2. The third-order valence-electron chi connectivity index (χ3n) is 1.99. The molecule has 0 aliphatic heterocycles. The second kappa shape index (κ2) is 7.69. The minimum Gasteiger partial charge on any atom is -0.355 e. The zero-order valence-electron chi connectivity index (χ0n) is 10.8. The van der Waals surface area contributed by atoms with Crippen molar-refractivity contribution < 1.29 is 4.79 Å². The summed E-state index contributed by atoms with van der Waals surface area (Å²) >= 11 is 0. The SMILES string of the molecule is CCNC(=O)CN(CC(C)C)CC(C)C. The van der Waals surface area contributed by atoms with Crippen molar-refractivity contribution in [2.45, 2.75) is 34.6 Å². The van der Waals surface area contributed by atoms with Gasteiger partial charge in [-0.2, -0.15) is 0 Å². The fraction of sp³-hybridized carbons (Fsp3) is 0.917. The molecule has 0 spiro atoms. The largest absolute Gasteiger partial charge is 0.355 e. The van der Waals surface area contributed by atoms with Crippen LogP contribution >= 0.6 is 0 Å². The van der Waals surface area contributed by atoms with Gasteiger partial charge in [0.2, 0.25) is 5.91 Å². The molecular formula is C12H26N2O. The summed E-state index contributed by atoms with van der Waals surface area (Å²) in [5, 5.41) is 2.84. The Hall–Kier alpha value is -0.570. The molecule has 3 heteroatoms. The molecule has 0 aliphatic carbocycles. The lowest BCUT2D eigenvalue weighted by Crippen LogP contribution is -2.40. The molecule has 0 heterocycles. The standard InChI is InChI=1S/C12H26N2O/c1-6-13-12(15)9-14(7-10(2)3)8-11(4)5/h10-11H,6-9H2,1-5H3,(H,13,15). The molecule has 90 valence electrons. The Kier molecular flexibility index (Phi) is 7.39. The summed E-state index contributed by atoms with van der Waals surface area (Å²) < 4.78 is 0. The Morgan fingerprint density at radius 3 is 1.93 bits per heavy atom. The minimum absolute atomic E-state index is 0.138. The minimum atomic E-state index is 0.138. The number of nitrogens with one attached hydrogen (secondary N) is 1. The van der Waals surface area contributed by atoms with Gasteiger partial charge in [0.15, 0.2) is 0 Å². The summed E-state index contributed by atoms with van der Waals surface area (Å²) in [6, 6.07) is 0. The highest BCUT2D eigenvalue weighted by atomic mass is 16.2. The molecule has 15 heavy (non-hydrogen) atoms. The van der Waals surface area contributed by atoms with Crippen LogP contribution in [-0.4, -0.2) is 37.0 Å². The average Bonchev–Trinajstić information content (AvgIpc) is 2.00. The maximum absolute atomic E-state index is 11.5. The summed E-state index contributed by atoms with van der Waals surface area (Å²) in [6.07, 6.45) is 0. The van der Waals surface area contributed by atoms with Gasteiger partial charge in [0, 0.05) is 19.6 Å². The fourth-order valence-corrected chi connectivity index (χ4v) is 1.69. The first-order chi connectivity index (χ1) is 6.95. The molecule has 0 atom stereocenters. The number of rotatable bonds is 7. The molecule has 0 unspecified atom stereocenters. The Balaban J connectivity index is 4.05. The van der Waals surface area contributed by atoms with Gasteiger partial charge >= 0.3 is 0 Å². The predicted molar refractivity (Wildman–Crippen MR) is 64.8 cm³/mol. The van der Waals surface area contributed by atoms with Crippen LogP contribution in [-0.2, 0) is 4.79 Å². The molecular weight excluding hydrogens is 188 g/mol. The second-order valence-corrected chi connectivity index (χ2v) is 4.94. The van der Waals surface area contributed by atoms with Crippen LogP contribution in [0.4, 0.5) is 0 Å². The maximum Gasteiger partial charge on any atom is 0.234 e. The molecule has 0 bridgehead atoms. The average molecular weight is 214 g/mol. The zero-order valence-corrected chi connectivity index (χ0v) is 10.8. The molecule has 0 fully saturated rings. The van der Waals surface area contributed by atoms with E-state index < -0.39 is 0 Å². The number of carbonyl (C=O) groups is 1. The Morgan fingerprint density at radius 2 is 1.60 bits per heavy atom. The summed E-state index contributed by atoms with van der Waals surface area (Å²) in [4.78, 5) is 13.7. The van der Waals surface area contributed by atoms with Crippen molar-refractivity contribution in [3.63, 3.8) is 0 Å². The molecule has 3 nitrogen and oxygen atoms in total. The van der Waals surface area contributed by atoms with Crippen molar-refractivity contribution in [2.75, 3.05) is 26.2 Å². The number of carbonyl (C=O) groups excluding carboxylic acids is 1. The first kappa shape index (κ1) is 14.4. The topological polar surface area (TPSA) is 32.3 Å². The van der Waals surface area contributed by atoms with Crippen molar-refractivity contribution in [3.8, 4) is 0 Å². The molecule has 0 aliphatic rings. The van der Waals surface area contributed by atoms with E-state index in [4.69, 9.17) is 0 Å². The lowest BCUT2D eigenvalue weighted by molar-refractivity contribution is -0.122. The first-order valence-corrected chi connectivity index (χ1v) is 5.94. The lowest BCUT2D eigenvalue weighted by atomic mass is 10.1. The van der Waals surface area contributed by atoms with Crippen LogP contribution in [0.1, 0.15) is 34.6 Å². The van der Waals surface area contributed by atoms with Gasteiger partial charge in [-0.15, -0.1) is 0 Å². The maximum atomic E-state index is 11.5. The summed E-state index contributed by atoms with van der Waals surface area (Å²) in [6.45, 7) is 13.9. The van der Waals surface area contributed by atoms with Crippen LogP contribution in [0.5, 0.6) is 0 Å². The van der Waals surface area contributed by atoms with Crippen LogP contribution in [0, 0.1) is 11.8 Å².